The zero-order valence-corrected chi connectivity index (χ0v) is 51.7. The van der Waals surface area contributed by atoms with Crippen LogP contribution in [-0.4, -0.2) is 42.4 Å². The Bertz CT molecular complexity index is 2090. The van der Waals surface area contributed by atoms with E-state index in [0.29, 0.717) is 41.1 Å². The van der Waals surface area contributed by atoms with Crippen LogP contribution in [0.1, 0.15) is 110 Å². The number of aromatic nitrogens is 2. The second kappa shape index (κ2) is 50.5. The third kappa shape index (κ3) is 30.0. The molecule has 0 spiro atoms. The zero-order valence-electron chi connectivity index (χ0n) is 42.8. The molecule has 0 aliphatic heterocycles. The van der Waals surface area contributed by atoms with Crippen LogP contribution < -0.4 is 9.47 Å². The summed E-state index contributed by atoms with van der Waals surface area (Å²) in [5.41, 5.74) is 7.17. The molecule has 0 saturated heterocycles. The van der Waals surface area contributed by atoms with Crippen molar-refractivity contribution in [3.05, 3.63) is 205 Å². The summed E-state index contributed by atoms with van der Waals surface area (Å²) in [6.45, 7) is 17.2. The summed E-state index contributed by atoms with van der Waals surface area (Å²) in [6.07, 6.45) is 5.44. The molecule has 0 unspecified atom stereocenters. The van der Waals surface area contributed by atoms with E-state index in [1.807, 2.05) is 146 Å². The van der Waals surface area contributed by atoms with E-state index in [1.165, 1.54) is 25.3 Å². The first-order valence-electron chi connectivity index (χ1n) is 21.6. The molecule has 0 saturated carbocycles. The van der Waals surface area contributed by atoms with E-state index in [0.717, 1.165) is 39.8 Å². The SMILES string of the molecule is CC.CC.CC.CC.COC(=O)c1cccnc1CBr.COC(=O)c1cccnc1CSCc1ccccc1OCc1ccccc1.CSCc1ccccc1OCc1ccccc1.[CH3-].[CH3-].[Y].[Y]. The molecule has 0 aliphatic carbocycles. The Labute approximate surface area is 479 Å². The minimum absolute atomic E-state index is 0. The van der Waals surface area contributed by atoms with E-state index in [2.05, 4.69) is 67.2 Å². The van der Waals surface area contributed by atoms with E-state index in [4.69, 9.17) is 14.2 Å². The number of para-hydroxylation sites is 2. The molecule has 0 atom stereocenters. The van der Waals surface area contributed by atoms with Gasteiger partial charge in [-0.2, -0.15) is 23.5 Å². The summed E-state index contributed by atoms with van der Waals surface area (Å²) in [6, 6.07) is 43.5. The molecule has 13 heteroatoms. The third-order valence-electron chi connectivity index (χ3n) is 7.93. The number of esters is 2. The van der Waals surface area contributed by atoms with Gasteiger partial charge in [-0.1, -0.05) is 168 Å². The number of nitrogens with zero attached hydrogens (tertiary/aromatic N) is 2. The maximum Gasteiger partial charge on any atom is 0.339 e. The van der Waals surface area contributed by atoms with Crippen LogP contribution in [0, 0.1) is 14.9 Å². The number of ether oxygens (including phenoxy) is 4. The van der Waals surface area contributed by atoms with Gasteiger partial charge in [-0.15, -0.1) is 0 Å². The van der Waals surface area contributed by atoms with Gasteiger partial charge in [0.1, 0.15) is 24.7 Å². The Hall–Kier alpha value is -2.89. The molecule has 368 valence electrons. The molecule has 0 bridgehead atoms. The fourth-order valence-electron chi connectivity index (χ4n) is 5.10. The minimum Gasteiger partial charge on any atom is -0.489 e. The number of thioether (sulfide) groups is 2. The molecule has 6 aromatic rings. The molecule has 2 aromatic heterocycles. The Morgan fingerprint density at radius 3 is 1.26 bits per heavy atom. The molecule has 6 rings (SSSR count). The first kappa shape index (κ1) is 74.1. The van der Waals surface area contributed by atoms with Gasteiger partial charge in [0.05, 0.1) is 36.7 Å². The largest absolute Gasteiger partial charge is 0.489 e. The predicted octanol–water partition coefficient (Wildman–Crippen LogP) is 15.8. The van der Waals surface area contributed by atoms with Gasteiger partial charge < -0.3 is 33.8 Å². The van der Waals surface area contributed by atoms with Crippen molar-refractivity contribution in [3.63, 3.8) is 0 Å². The maximum absolute atomic E-state index is 11.8. The molecule has 68 heavy (non-hydrogen) atoms. The zero-order chi connectivity index (χ0) is 47.8. The van der Waals surface area contributed by atoms with Crippen molar-refractivity contribution in [1.29, 1.82) is 0 Å². The Kier molecular flexibility index (Phi) is 55.0. The summed E-state index contributed by atoms with van der Waals surface area (Å²) in [7, 11) is 2.74. The maximum atomic E-state index is 11.8. The second-order valence-electron chi connectivity index (χ2n) is 11.8. The van der Waals surface area contributed by atoms with Crippen molar-refractivity contribution in [3.8, 4) is 11.5 Å². The van der Waals surface area contributed by atoms with Gasteiger partial charge in [-0.25, -0.2) is 9.59 Å². The Morgan fingerprint density at radius 2 is 0.868 bits per heavy atom. The van der Waals surface area contributed by atoms with Gasteiger partial charge >= 0.3 is 11.9 Å². The molecule has 0 aliphatic rings. The number of carbonyl (C=O) groups excluding carboxylic acids is 2. The molecule has 0 N–H and O–H groups in total. The summed E-state index contributed by atoms with van der Waals surface area (Å²) in [5.74, 6) is 3.54. The number of pyridine rings is 2. The first-order valence-corrected chi connectivity index (χ1v) is 25.3. The van der Waals surface area contributed by atoms with Crippen LogP contribution in [-0.2, 0) is 111 Å². The Morgan fingerprint density at radius 1 is 0.500 bits per heavy atom. The number of alkyl halides is 1. The van der Waals surface area contributed by atoms with E-state index in [-0.39, 0.29) is 92.2 Å². The van der Waals surface area contributed by atoms with Gasteiger partial charge in [0.25, 0.3) is 0 Å². The van der Waals surface area contributed by atoms with Gasteiger partial charge in [0, 0.05) is 112 Å². The summed E-state index contributed by atoms with van der Waals surface area (Å²) < 4.78 is 21.3. The smallest absolute Gasteiger partial charge is 0.339 e. The Balaban J connectivity index is -0.000000280. The molecular weight excluding hydrogens is 1110 g/mol. The van der Waals surface area contributed by atoms with E-state index in [1.54, 1.807) is 48.4 Å². The van der Waals surface area contributed by atoms with Crippen LogP contribution in [0.3, 0.4) is 0 Å². The number of benzene rings is 4. The van der Waals surface area contributed by atoms with E-state index >= 15 is 0 Å². The number of hydrogen-bond donors (Lipinski definition) is 0. The van der Waals surface area contributed by atoms with Crippen LogP contribution >= 0.6 is 39.5 Å². The minimum atomic E-state index is -0.356. The molecule has 4 aromatic carbocycles. The third-order valence-corrected chi connectivity index (χ3v) is 10.1. The number of halogens is 1. The van der Waals surface area contributed by atoms with E-state index < -0.39 is 0 Å². The quantitative estimate of drug-likeness (QED) is 0.0562. The van der Waals surface area contributed by atoms with Gasteiger partial charge in [0.2, 0.25) is 0 Å². The predicted molar refractivity (Wildman–Crippen MR) is 289 cm³/mol. The average molecular weight is 1180 g/mol. The van der Waals surface area contributed by atoms with Gasteiger partial charge in [-0.05, 0) is 53.8 Å². The fourth-order valence-corrected chi connectivity index (χ4v) is 7.08. The first-order chi connectivity index (χ1) is 31.5. The number of hydrogen-bond acceptors (Lipinski definition) is 10. The fraction of sp³-hybridized carbons (Fsp3) is 0.309. The molecule has 2 heterocycles. The van der Waals surface area contributed by atoms with Gasteiger partial charge in [0.15, 0.2) is 0 Å². The van der Waals surface area contributed by atoms with Crippen molar-refractivity contribution < 1.29 is 94.0 Å². The summed E-state index contributed by atoms with van der Waals surface area (Å²) in [4.78, 5) is 31.3. The summed E-state index contributed by atoms with van der Waals surface area (Å²) >= 11 is 6.73. The van der Waals surface area contributed by atoms with Crippen molar-refractivity contribution in [2.45, 2.75) is 91.2 Å². The van der Waals surface area contributed by atoms with Crippen molar-refractivity contribution in [2.75, 3.05) is 20.5 Å². The molecule has 0 amide bonds. The molecule has 2 radical (unpaired) electrons. The van der Waals surface area contributed by atoms with Crippen LogP contribution in [0.5, 0.6) is 11.5 Å². The van der Waals surface area contributed by atoms with Gasteiger partial charge in [-0.3, -0.25) is 9.97 Å². The molecule has 8 nitrogen and oxygen atoms in total. The summed E-state index contributed by atoms with van der Waals surface area (Å²) in [5, 5.41) is 0.554. The second-order valence-corrected chi connectivity index (χ2v) is 14.2. The van der Waals surface area contributed by atoms with Crippen molar-refractivity contribution >= 4 is 51.4 Å². The average Bonchev–Trinajstić information content (AvgIpc) is 3.39. The molecular formula is C55H75BrN2O6S2Y2-2. The number of methoxy groups -OCH3 is 2. The topological polar surface area (TPSA) is 96.8 Å². The normalized spacial score (nSPS) is 8.71. The molecule has 0 fully saturated rings. The van der Waals surface area contributed by atoms with Crippen molar-refractivity contribution in [2.24, 2.45) is 0 Å². The van der Waals surface area contributed by atoms with Crippen molar-refractivity contribution in [1.82, 2.24) is 9.97 Å². The van der Waals surface area contributed by atoms with Crippen LogP contribution in [0.25, 0.3) is 0 Å². The monoisotopic (exact) mass is 1180 g/mol. The number of rotatable bonds is 15. The van der Waals surface area contributed by atoms with Crippen LogP contribution in [0.4, 0.5) is 0 Å². The van der Waals surface area contributed by atoms with E-state index in [9.17, 15) is 9.59 Å². The number of carbonyl (C=O) groups is 2. The van der Waals surface area contributed by atoms with Crippen LogP contribution in [0.2, 0.25) is 0 Å². The van der Waals surface area contributed by atoms with Crippen LogP contribution in [0.15, 0.2) is 146 Å². The standard InChI is InChI=1S/C22H21NO3S.C15H16OS.C8H8BrNO2.4C2H6.2CH3.2Y/c1-25-22(24)19-11-7-13-23-20(19)16-27-15-18-10-5-6-12-21(18)26-14-17-8-3-2-4-9-17;1-17-12-14-9-5-6-10-15(14)16-11-13-7-3-2-4-8-13;1-12-8(11)6-3-2-4-10-7(6)5-9;4*1-2;;;;/h2-13H,14-16H2,1H3;2-10H,11-12H2,1H3;2-4H,5H2,1H3;4*1-2H3;2*1H3;;/q;;;;;;;2*-1;;.